The molecule has 1 fully saturated rings. The van der Waals surface area contributed by atoms with Crippen LogP contribution >= 0.6 is 0 Å². The molecule has 0 spiro atoms. The highest BCUT2D eigenvalue weighted by Crippen LogP contribution is 2.31. The molecule has 0 bridgehead atoms. The second kappa shape index (κ2) is 6.89. The van der Waals surface area contributed by atoms with Crippen LogP contribution in [0.25, 0.3) is 0 Å². The lowest BCUT2D eigenvalue weighted by Gasteiger charge is -2.38. The summed E-state index contributed by atoms with van der Waals surface area (Å²) in [4.78, 5) is 17.2. The van der Waals surface area contributed by atoms with Crippen LogP contribution in [0.2, 0.25) is 0 Å². The number of carbonyl (C=O) groups excluding carboxylic acids is 1. The summed E-state index contributed by atoms with van der Waals surface area (Å²) in [5.74, 6) is -2.10. The van der Waals surface area contributed by atoms with Crippen molar-refractivity contribution in [2.45, 2.75) is 18.7 Å². The van der Waals surface area contributed by atoms with Gasteiger partial charge in [-0.15, -0.1) is 0 Å². The molecule has 2 aromatic rings. The summed E-state index contributed by atoms with van der Waals surface area (Å²) >= 11 is 0. The molecule has 1 aromatic heterocycles. The highest BCUT2D eigenvalue weighted by Gasteiger charge is 2.34. The van der Waals surface area contributed by atoms with E-state index in [1.807, 2.05) is 0 Å². The Morgan fingerprint density at radius 1 is 1.19 bits per heavy atom. The molecule has 138 valence electrons. The van der Waals surface area contributed by atoms with Crippen LogP contribution in [0.1, 0.15) is 11.1 Å². The molecular weight excluding hydrogens is 359 g/mol. The number of ether oxygens (including phenoxy) is 1. The van der Waals surface area contributed by atoms with E-state index in [-0.39, 0.29) is 36.9 Å². The Kier molecular flexibility index (Phi) is 4.80. The van der Waals surface area contributed by atoms with Gasteiger partial charge in [-0.25, -0.2) is 13.8 Å². The van der Waals surface area contributed by atoms with Gasteiger partial charge in [-0.05, 0) is 17.7 Å². The molecule has 1 saturated heterocycles. The van der Waals surface area contributed by atoms with E-state index in [4.69, 9.17) is 4.74 Å². The number of hydrogen-bond donors (Lipinski definition) is 0. The first-order valence-electron chi connectivity index (χ1n) is 7.64. The van der Waals surface area contributed by atoms with Crippen molar-refractivity contribution in [1.82, 2.24) is 9.88 Å². The van der Waals surface area contributed by atoms with Gasteiger partial charge in [0.15, 0.2) is 0 Å². The van der Waals surface area contributed by atoms with Crippen molar-refractivity contribution < 1.29 is 31.5 Å². The number of benzene rings is 1. The summed E-state index contributed by atoms with van der Waals surface area (Å²) in [5.41, 5.74) is -0.804. The van der Waals surface area contributed by atoms with Gasteiger partial charge in [-0.3, -0.25) is 4.79 Å². The maximum absolute atomic E-state index is 13.6. The Morgan fingerprint density at radius 3 is 2.58 bits per heavy atom. The monoisotopic (exact) mass is 372 g/mol. The Labute approximate surface area is 145 Å². The molecule has 3 rings (SSSR count). The van der Waals surface area contributed by atoms with Gasteiger partial charge in [-0.1, -0.05) is 6.07 Å². The summed E-state index contributed by atoms with van der Waals surface area (Å²) in [6, 6.07) is 4.58. The second-order valence-corrected chi connectivity index (χ2v) is 5.83. The van der Waals surface area contributed by atoms with Gasteiger partial charge in [0.25, 0.3) is 0 Å². The van der Waals surface area contributed by atoms with E-state index in [1.165, 1.54) is 11.0 Å². The van der Waals surface area contributed by atoms with Crippen LogP contribution in [0.4, 0.5) is 22.0 Å². The Hall–Kier alpha value is -2.71. The summed E-state index contributed by atoms with van der Waals surface area (Å²) in [6.07, 6.45) is -4.23. The van der Waals surface area contributed by atoms with Crippen molar-refractivity contribution in [1.29, 1.82) is 0 Å². The average molecular weight is 372 g/mol. The highest BCUT2D eigenvalue weighted by molar-refractivity contribution is 5.79. The SMILES string of the molecule is O=C(Cc1ccc(F)cc1F)N1CC(Oc2cc(C(F)(F)F)ccn2)C1. The molecule has 0 saturated carbocycles. The first-order chi connectivity index (χ1) is 12.2. The maximum Gasteiger partial charge on any atom is 0.416 e. The van der Waals surface area contributed by atoms with Crippen LogP contribution in [-0.2, 0) is 17.4 Å². The topological polar surface area (TPSA) is 42.4 Å². The average Bonchev–Trinajstić information content (AvgIpc) is 2.52. The minimum absolute atomic E-state index is 0.0697. The number of rotatable bonds is 4. The van der Waals surface area contributed by atoms with Crippen LogP contribution in [0, 0.1) is 11.6 Å². The number of nitrogens with zero attached hydrogens (tertiary/aromatic N) is 2. The van der Waals surface area contributed by atoms with E-state index in [0.29, 0.717) is 6.07 Å². The quantitative estimate of drug-likeness (QED) is 0.774. The molecule has 2 heterocycles. The van der Waals surface area contributed by atoms with E-state index >= 15 is 0 Å². The van der Waals surface area contributed by atoms with Gasteiger partial charge in [0.05, 0.1) is 25.1 Å². The van der Waals surface area contributed by atoms with Gasteiger partial charge in [0.1, 0.15) is 17.7 Å². The Balaban J connectivity index is 1.53. The fourth-order valence-corrected chi connectivity index (χ4v) is 2.48. The van der Waals surface area contributed by atoms with Crippen LogP contribution in [-0.4, -0.2) is 35.0 Å². The van der Waals surface area contributed by atoms with Gasteiger partial charge in [0, 0.05) is 18.3 Å². The molecule has 0 aliphatic carbocycles. The van der Waals surface area contributed by atoms with Crippen molar-refractivity contribution >= 4 is 5.91 Å². The summed E-state index contributed by atoms with van der Waals surface area (Å²) in [7, 11) is 0. The molecule has 1 amide bonds. The van der Waals surface area contributed by atoms with Crippen molar-refractivity contribution in [3.05, 3.63) is 59.3 Å². The zero-order chi connectivity index (χ0) is 18.9. The zero-order valence-electron chi connectivity index (χ0n) is 13.3. The fourth-order valence-electron chi connectivity index (χ4n) is 2.48. The number of likely N-dealkylation sites (tertiary alicyclic amines) is 1. The van der Waals surface area contributed by atoms with Crippen LogP contribution < -0.4 is 4.74 Å². The summed E-state index contributed by atoms with van der Waals surface area (Å²) in [6.45, 7) is 0.305. The molecule has 0 radical (unpaired) electrons. The lowest BCUT2D eigenvalue weighted by atomic mass is 10.1. The molecule has 9 heteroatoms. The lowest BCUT2D eigenvalue weighted by Crippen LogP contribution is -2.56. The smallest absolute Gasteiger partial charge is 0.416 e. The van der Waals surface area contributed by atoms with Crippen molar-refractivity contribution in [3.8, 4) is 5.88 Å². The third kappa shape index (κ3) is 4.09. The van der Waals surface area contributed by atoms with Crippen LogP contribution in [0.3, 0.4) is 0 Å². The fraction of sp³-hybridized carbons (Fsp3) is 0.294. The Morgan fingerprint density at radius 2 is 1.92 bits per heavy atom. The van der Waals surface area contributed by atoms with Crippen molar-refractivity contribution in [2.75, 3.05) is 13.1 Å². The number of amides is 1. The molecular formula is C17H13F5N2O2. The number of alkyl halides is 3. The molecule has 0 N–H and O–H groups in total. The zero-order valence-corrected chi connectivity index (χ0v) is 13.3. The lowest BCUT2D eigenvalue weighted by molar-refractivity contribution is -0.139. The first kappa shape index (κ1) is 18.1. The Bertz CT molecular complexity index is 819. The van der Waals surface area contributed by atoms with E-state index < -0.39 is 29.5 Å². The minimum atomic E-state index is -4.50. The number of pyridine rings is 1. The van der Waals surface area contributed by atoms with E-state index in [2.05, 4.69) is 4.98 Å². The van der Waals surface area contributed by atoms with E-state index in [0.717, 1.165) is 24.4 Å². The van der Waals surface area contributed by atoms with Crippen molar-refractivity contribution in [3.63, 3.8) is 0 Å². The van der Waals surface area contributed by atoms with Gasteiger partial charge < -0.3 is 9.64 Å². The first-order valence-corrected chi connectivity index (χ1v) is 7.64. The van der Waals surface area contributed by atoms with Gasteiger partial charge >= 0.3 is 6.18 Å². The van der Waals surface area contributed by atoms with Gasteiger partial charge in [0.2, 0.25) is 11.8 Å². The summed E-state index contributed by atoms with van der Waals surface area (Å²) in [5, 5.41) is 0. The number of carbonyl (C=O) groups is 1. The largest absolute Gasteiger partial charge is 0.471 e. The standard InChI is InChI=1S/C17H13F5N2O2/c18-12-2-1-10(14(19)7-12)5-16(25)24-8-13(9-24)26-15-6-11(3-4-23-15)17(20,21)22/h1-4,6-7,13H,5,8-9H2. The van der Waals surface area contributed by atoms with Crippen LogP contribution in [0.5, 0.6) is 5.88 Å². The van der Waals surface area contributed by atoms with E-state index in [9.17, 15) is 26.7 Å². The van der Waals surface area contributed by atoms with Crippen LogP contribution in [0.15, 0.2) is 36.5 Å². The number of aromatic nitrogens is 1. The predicted molar refractivity (Wildman–Crippen MR) is 80.3 cm³/mol. The van der Waals surface area contributed by atoms with Crippen molar-refractivity contribution in [2.24, 2.45) is 0 Å². The molecule has 0 atom stereocenters. The molecule has 1 aromatic carbocycles. The molecule has 0 unspecified atom stereocenters. The highest BCUT2D eigenvalue weighted by atomic mass is 19.4. The molecule has 1 aliphatic heterocycles. The maximum atomic E-state index is 13.6. The number of hydrogen-bond acceptors (Lipinski definition) is 3. The second-order valence-electron chi connectivity index (χ2n) is 5.83. The molecule has 1 aliphatic rings. The molecule has 26 heavy (non-hydrogen) atoms. The third-order valence-electron chi connectivity index (χ3n) is 3.91. The van der Waals surface area contributed by atoms with E-state index in [1.54, 1.807) is 0 Å². The number of halogens is 5. The molecule has 4 nitrogen and oxygen atoms in total. The predicted octanol–water partition coefficient (Wildman–Crippen LogP) is 3.21. The third-order valence-corrected chi connectivity index (χ3v) is 3.91. The normalized spacial score (nSPS) is 14.9. The summed E-state index contributed by atoms with van der Waals surface area (Å²) < 4.78 is 69.7. The minimum Gasteiger partial charge on any atom is -0.471 e. The van der Waals surface area contributed by atoms with Gasteiger partial charge in [-0.2, -0.15) is 13.2 Å².